The quantitative estimate of drug-likeness (QED) is 0.0960. The fourth-order valence-electron chi connectivity index (χ4n) is 3.77. The van der Waals surface area contributed by atoms with Crippen molar-refractivity contribution in [1.29, 1.82) is 0 Å². The first-order valence-corrected chi connectivity index (χ1v) is 13.4. The van der Waals surface area contributed by atoms with Crippen molar-refractivity contribution < 1.29 is 4.92 Å². The van der Waals surface area contributed by atoms with Crippen LogP contribution >= 0.6 is 31.9 Å². The molecule has 6 aromatic rings. The molecule has 4 N–H and O–H groups in total. The standard InChI is InChI=1S/C14H9BrN4O2.C14H11BrN4/c15-9-1-3-10(4-2-9)18-14-12-6-5-11(19(20)21)7-13(12)16-8-17-14;15-9-1-4-11(5-2-9)19-14-12-6-3-10(16)7-13(12)17-8-18-14/h1-8H,(H,16,17,18);1-8H,16H2,(H,17,18,19). The molecule has 2 aromatic heterocycles. The number of anilines is 5. The third-order valence-electron chi connectivity index (χ3n) is 5.71. The molecule has 0 bridgehead atoms. The summed E-state index contributed by atoms with van der Waals surface area (Å²) in [5.41, 5.74) is 9.66. The number of hydrogen-bond donors (Lipinski definition) is 3. The van der Waals surface area contributed by atoms with Gasteiger partial charge in [0.2, 0.25) is 0 Å². The zero-order valence-electron chi connectivity index (χ0n) is 20.6. The molecule has 198 valence electrons. The Hall–Kier alpha value is -4.68. The van der Waals surface area contributed by atoms with Gasteiger partial charge in [-0.15, -0.1) is 0 Å². The molecular weight excluding hydrogens is 640 g/mol. The lowest BCUT2D eigenvalue weighted by atomic mass is 10.2. The minimum Gasteiger partial charge on any atom is -0.399 e. The molecule has 0 atom stereocenters. The molecule has 12 heteroatoms. The van der Waals surface area contributed by atoms with Crippen LogP contribution in [0.5, 0.6) is 0 Å². The molecule has 0 fully saturated rings. The summed E-state index contributed by atoms with van der Waals surface area (Å²) in [6, 6.07) is 25.7. The van der Waals surface area contributed by atoms with Gasteiger partial charge in [-0.1, -0.05) is 31.9 Å². The molecule has 0 radical (unpaired) electrons. The SMILES string of the molecule is Nc1ccc2c(Nc3ccc(Br)cc3)ncnc2c1.O=[N+]([O-])c1ccc2c(Nc3ccc(Br)cc3)ncnc2c1. The first kappa shape index (κ1) is 26.9. The third-order valence-corrected chi connectivity index (χ3v) is 6.76. The van der Waals surface area contributed by atoms with Crippen LogP contribution in [0.1, 0.15) is 0 Å². The van der Waals surface area contributed by atoms with Crippen molar-refractivity contribution >= 4 is 88.1 Å². The second-order valence-electron chi connectivity index (χ2n) is 8.44. The van der Waals surface area contributed by atoms with Gasteiger partial charge in [0, 0.05) is 48.9 Å². The number of rotatable bonds is 5. The van der Waals surface area contributed by atoms with Gasteiger partial charge in [0.05, 0.1) is 16.0 Å². The van der Waals surface area contributed by atoms with Gasteiger partial charge in [0.1, 0.15) is 24.3 Å². The smallest absolute Gasteiger partial charge is 0.271 e. The van der Waals surface area contributed by atoms with Crippen molar-refractivity contribution in [3.05, 3.63) is 117 Å². The van der Waals surface area contributed by atoms with E-state index in [4.69, 9.17) is 5.73 Å². The Kier molecular flexibility index (Phi) is 8.08. The van der Waals surface area contributed by atoms with Crippen LogP contribution in [0.2, 0.25) is 0 Å². The molecule has 6 rings (SSSR count). The van der Waals surface area contributed by atoms with E-state index < -0.39 is 4.92 Å². The summed E-state index contributed by atoms with van der Waals surface area (Å²) in [6.45, 7) is 0. The van der Waals surface area contributed by atoms with E-state index in [0.29, 0.717) is 17.0 Å². The lowest BCUT2D eigenvalue weighted by Crippen LogP contribution is -1.96. The van der Waals surface area contributed by atoms with Crippen LogP contribution < -0.4 is 16.4 Å². The average molecular weight is 660 g/mol. The molecule has 0 aliphatic rings. The molecule has 0 spiro atoms. The van der Waals surface area contributed by atoms with Crippen molar-refractivity contribution in [3.63, 3.8) is 0 Å². The first-order valence-electron chi connectivity index (χ1n) is 11.8. The van der Waals surface area contributed by atoms with Gasteiger partial charge in [-0.05, 0) is 72.8 Å². The topological polar surface area (TPSA) is 145 Å². The minimum atomic E-state index is -0.441. The number of nitro groups is 1. The summed E-state index contributed by atoms with van der Waals surface area (Å²) in [5, 5.41) is 18.9. The van der Waals surface area contributed by atoms with Gasteiger partial charge in [0.25, 0.3) is 5.69 Å². The number of halogens is 2. The van der Waals surface area contributed by atoms with Gasteiger partial charge >= 0.3 is 0 Å². The number of benzene rings is 4. The van der Waals surface area contributed by atoms with E-state index in [1.165, 1.54) is 24.8 Å². The molecule has 0 saturated carbocycles. The van der Waals surface area contributed by atoms with E-state index in [1.54, 1.807) is 6.07 Å². The fraction of sp³-hybridized carbons (Fsp3) is 0. The molecule has 0 amide bonds. The molecule has 0 unspecified atom stereocenters. The minimum absolute atomic E-state index is 0.00999. The van der Waals surface area contributed by atoms with Crippen molar-refractivity contribution in [1.82, 2.24) is 19.9 Å². The first-order chi connectivity index (χ1) is 19.4. The zero-order chi connectivity index (χ0) is 28.1. The molecule has 0 aliphatic heterocycles. The van der Waals surface area contributed by atoms with E-state index in [2.05, 4.69) is 62.4 Å². The summed E-state index contributed by atoms with van der Waals surface area (Å²) in [5.74, 6) is 1.38. The fourth-order valence-corrected chi connectivity index (χ4v) is 4.30. The predicted octanol–water partition coefficient (Wildman–Crippen LogP) is 7.76. The average Bonchev–Trinajstić information content (AvgIpc) is 2.95. The van der Waals surface area contributed by atoms with Gasteiger partial charge in [-0.25, -0.2) is 19.9 Å². The summed E-state index contributed by atoms with van der Waals surface area (Å²) in [7, 11) is 0. The number of nitrogens with zero attached hydrogens (tertiary/aromatic N) is 5. The highest BCUT2D eigenvalue weighted by atomic mass is 79.9. The normalized spacial score (nSPS) is 10.6. The summed E-state index contributed by atoms with van der Waals surface area (Å²) in [6.07, 6.45) is 2.91. The Bertz CT molecular complexity index is 1820. The molecular formula is C28H20Br2N8O2. The molecule has 0 aliphatic carbocycles. The number of nitrogen functional groups attached to an aromatic ring is 1. The number of non-ortho nitro benzene ring substituents is 1. The van der Waals surface area contributed by atoms with Crippen molar-refractivity contribution in [3.8, 4) is 0 Å². The zero-order valence-corrected chi connectivity index (χ0v) is 23.8. The van der Waals surface area contributed by atoms with Gasteiger partial charge in [0.15, 0.2) is 0 Å². The van der Waals surface area contributed by atoms with Crippen LogP contribution in [0.3, 0.4) is 0 Å². The van der Waals surface area contributed by atoms with Crippen molar-refractivity contribution in [2.24, 2.45) is 0 Å². The number of nitrogens with one attached hydrogen (secondary N) is 2. The van der Waals surface area contributed by atoms with E-state index >= 15 is 0 Å². The van der Waals surface area contributed by atoms with Crippen LogP contribution in [-0.2, 0) is 0 Å². The van der Waals surface area contributed by atoms with E-state index in [1.807, 2.05) is 66.7 Å². The number of aromatic nitrogens is 4. The molecule has 40 heavy (non-hydrogen) atoms. The van der Waals surface area contributed by atoms with Gasteiger partial charge in [-0.3, -0.25) is 10.1 Å². The second-order valence-corrected chi connectivity index (χ2v) is 10.3. The van der Waals surface area contributed by atoms with E-state index in [0.717, 1.165) is 42.4 Å². The highest BCUT2D eigenvalue weighted by molar-refractivity contribution is 9.10. The maximum Gasteiger partial charge on any atom is 0.271 e. The number of hydrogen-bond acceptors (Lipinski definition) is 9. The highest BCUT2D eigenvalue weighted by Gasteiger charge is 2.10. The lowest BCUT2D eigenvalue weighted by molar-refractivity contribution is -0.384. The number of fused-ring (bicyclic) bond motifs is 2. The van der Waals surface area contributed by atoms with Crippen LogP contribution in [0.25, 0.3) is 21.8 Å². The molecule has 10 nitrogen and oxygen atoms in total. The second kappa shape index (κ2) is 12.0. The number of nitrogens with two attached hydrogens (primary N) is 1. The lowest BCUT2D eigenvalue weighted by Gasteiger charge is -2.08. The van der Waals surface area contributed by atoms with Crippen molar-refractivity contribution in [2.45, 2.75) is 0 Å². The Morgan fingerprint density at radius 2 is 1.12 bits per heavy atom. The van der Waals surface area contributed by atoms with Crippen LogP contribution in [0.4, 0.5) is 34.4 Å². The van der Waals surface area contributed by atoms with E-state index in [9.17, 15) is 10.1 Å². The van der Waals surface area contributed by atoms with Crippen LogP contribution in [0, 0.1) is 10.1 Å². The molecule has 0 saturated heterocycles. The number of nitro benzene ring substituents is 1. The Labute approximate surface area is 245 Å². The van der Waals surface area contributed by atoms with Gasteiger partial charge in [-0.2, -0.15) is 0 Å². The monoisotopic (exact) mass is 658 g/mol. The molecule has 2 heterocycles. The van der Waals surface area contributed by atoms with Gasteiger partial charge < -0.3 is 16.4 Å². The Morgan fingerprint density at radius 3 is 1.62 bits per heavy atom. The Morgan fingerprint density at radius 1 is 0.650 bits per heavy atom. The summed E-state index contributed by atoms with van der Waals surface area (Å²) >= 11 is 6.79. The summed E-state index contributed by atoms with van der Waals surface area (Å²) < 4.78 is 2.02. The maximum atomic E-state index is 10.8. The highest BCUT2D eigenvalue weighted by Crippen LogP contribution is 2.27. The van der Waals surface area contributed by atoms with Crippen LogP contribution in [0.15, 0.2) is 107 Å². The molecule has 4 aromatic carbocycles. The van der Waals surface area contributed by atoms with Crippen molar-refractivity contribution in [2.75, 3.05) is 16.4 Å². The maximum absolute atomic E-state index is 10.8. The Balaban J connectivity index is 0.000000162. The third kappa shape index (κ3) is 6.47. The predicted molar refractivity (Wildman–Crippen MR) is 165 cm³/mol. The summed E-state index contributed by atoms with van der Waals surface area (Å²) in [4.78, 5) is 27.1. The van der Waals surface area contributed by atoms with E-state index in [-0.39, 0.29) is 5.69 Å². The van der Waals surface area contributed by atoms with Crippen LogP contribution in [-0.4, -0.2) is 24.9 Å². The largest absolute Gasteiger partial charge is 0.399 e.